The molecule has 0 saturated heterocycles. The molecule has 2 amide bonds. The third kappa shape index (κ3) is 71.9. The van der Waals surface area contributed by atoms with Crippen LogP contribution in [0, 0.1) is 0 Å². The predicted octanol–water partition coefficient (Wildman–Crippen LogP) is -2.87. The van der Waals surface area contributed by atoms with Crippen molar-refractivity contribution in [2.75, 3.05) is 110 Å². The van der Waals surface area contributed by atoms with Crippen LogP contribution in [-0.4, -0.2) is 259 Å². The zero-order chi connectivity index (χ0) is 60.9. The first kappa shape index (κ1) is 88.7. The Kier molecular flexibility index (Phi) is 58.8. The van der Waals surface area contributed by atoms with Gasteiger partial charge in [-0.1, -0.05) is 0 Å². The van der Waals surface area contributed by atoms with E-state index in [9.17, 15) is 73.3 Å². The molecule has 0 aliphatic carbocycles. The van der Waals surface area contributed by atoms with Crippen molar-refractivity contribution in [2.24, 2.45) is 22.9 Å². The van der Waals surface area contributed by atoms with Crippen LogP contribution in [0.1, 0.15) is 19.3 Å². The summed E-state index contributed by atoms with van der Waals surface area (Å²) < 4.78 is 209. The molecule has 44 heteroatoms. The van der Waals surface area contributed by atoms with E-state index in [1.54, 1.807) is 31.3 Å². The molecule has 0 fully saturated rings. The van der Waals surface area contributed by atoms with E-state index in [2.05, 4.69) is 10.1 Å². The summed E-state index contributed by atoms with van der Waals surface area (Å²) in [6, 6.07) is -1.54. The van der Waals surface area contributed by atoms with E-state index in [4.69, 9.17) is 54.8 Å². The minimum absolute atomic E-state index is 0.0281. The standard InChI is InChI=1S/C6H12O4S2.C5H11NO4S2.C5H13NO4S.C4H9NO4S2.2C4H11NO3S2.C3H9NO3S2/c1-11-5-6(3-2-4-7)12(8,9)10;1-11-2-5(6-4-7)3-12(8,9)10;1-10-3-2-5(6)4-11(7,8)9;1-10-2-4(5-3-6)11(7,8)9;1-9-2-4(5)3-10(6,7)8;1-9-3-4(2-5)10(6,7)8;1-8-2-3(4)9(5,6)7/h4,6H,2-3,5H2,1H3,(H,8,9,10);4-5H,2-3H2,1H3,(H,6,7)(H,8,9,10);5H,2-4,6H2,1H3,(H,7,8,9);3-4H,2H2,1H3,(H,5,6)(H,7,8,9);2*4H,2-3,5H2,1H3,(H,6,7,8);3H,2,4H2,1H3,(H,5,6,7). The highest BCUT2D eigenvalue weighted by Crippen LogP contribution is 2.12. The summed E-state index contributed by atoms with van der Waals surface area (Å²) in [7, 11) is -26.4. The Bertz CT molecular complexity index is 2250. The molecule has 0 aromatic carbocycles. The van der Waals surface area contributed by atoms with Gasteiger partial charge in [0.05, 0.1) is 28.6 Å². The minimum atomic E-state index is -4.15. The number of hydrogen-bond donors (Lipinski definition) is 13. The first-order valence-electron chi connectivity index (χ1n) is 19.9. The van der Waals surface area contributed by atoms with Gasteiger partial charge in [0.1, 0.15) is 16.9 Å². The largest absolute Gasteiger partial charge is 0.385 e. The van der Waals surface area contributed by atoms with Gasteiger partial charge in [-0.15, -0.1) is 0 Å². The van der Waals surface area contributed by atoms with Crippen molar-refractivity contribution >= 4 is 161 Å². The second-order valence-corrected chi connectivity index (χ2v) is 30.4. The smallest absolute Gasteiger partial charge is 0.287 e. The molecule has 7 atom stereocenters. The number of carbonyl (C=O) groups is 3. The Labute approximate surface area is 468 Å². The number of carbonyl (C=O) groups excluding carboxylic acids is 3. The van der Waals surface area contributed by atoms with Gasteiger partial charge in [0, 0.05) is 73.3 Å². The summed E-state index contributed by atoms with van der Waals surface area (Å²) in [5.74, 6) is 0.827. The quantitative estimate of drug-likeness (QED) is 0.0232. The van der Waals surface area contributed by atoms with E-state index in [0.29, 0.717) is 48.7 Å². The lowest BCUT2D eigenvalue weighted by Crippen LogP contribution is -2.37. The SMILES string of the molecule is COCCC(N)CS(=O)(=O)O.CSCC(CCC=O)S(=O)(=O)O.CSCC(CN)S(=O)(=O)O.CSCC(CS(=O)(=O)O)NC=O.CSCC(N)CS(=O)(=O)O.CSCC(N)S(=O)(=O)O.CSCC(NC=O)S(=O)(=O)O. The van der Waals surface area contributed by atoms with E-state index in [1.165, 1.54) is 77.7 Å². The molecule has 75 heavy (non-hydrogen) atoms. The van der Waals surface area contributed by atoms with Crippen LogP contribution in [0.5, 0.6) is 0 Å². The first-order chi connectivity index (χ1) is 33.9. The van der Waals surface area contributed by atoms with Gasteiger partial charge in [-0.2, -0.15) is 129 Å². The number of methoxy groups -OCH3 is 1. The normalized spacial score (nSPS) is 14.6. The molecule has 0 aliphatic heterocycles. The Hall–Kier alpha value is -0.120. The molecular formula is C31H76N6O25S13. The van der Waals surface area contributed by atoms with Crippen molar-refractivity contribution in [2.45, 2.75) is 58.6 Å². The lowest BCUT2D eigenvalue weighted by Gasteiger charge is -2.11. The fourth-order valence-electron chi connectivity index (χ4n) is 3.77. The van der Waals surface area contributed by atoms with Crippen LogP contribution in [-0.2, 0) is 89.9 Å². The molecule has 0 bridgehead atoms. The molecular weight excluding hydrogens is 1270 g/mol. The van der Waals surface area contributed by atoms with Crippen molar-refractivity contribution in [3.8, 4) is 0 Å². The lowest BCUT2D eigenvalue weighted by atomic mass is 10.3. The summed E-state index contributed by atoms with van der Waals surface area (Å²) in [4.78, 5) is 29.8. The molecule has 0 radical (unpaired) electrons. The predicted molar refractivity (Wildman–Crippen MR) is 304 cm³/mol. The number of thioether (sulfide) groups is 6. The van der Waals surface area contributed by atoms with E-state index < -0.39 is 122 Å². The van der Waals surface area contributed by atoms with Gasteiger partial charge in [-0.3, -0.25) is 41.5 Å². The highest BCUT2D eigenvalue weighted by Gasteiger charge is 2.23. The number of nitrogens with two attached hydrogens (primary N) is 4. The van der Waals surface area contributed by atoms with Crippen molar-refractivity contribution < 1.29 is 110 Å². The molecule has 0 heterocycles. The number of rotatable bonds is 33. The van der Waals surface area contributed by atoms with Gasteiger partial charge >= 0.3 is 0 Å². The Morgan fingerprint density at radius 2 is 0.867 bits per heavy atom. The van der Waals surface area contributed by atoms with Crippen LogP contribution in [0.25, 0.3) is 0 Å². The van der Waals surface area contributed by atoms with E-state index >= 15 is 0 Å². The fraction of sp³-hybridized carbons (Fsp3) is 0.903. The average molecular weight is 1350 g/mol. The first-order valence-corrected chi connectivity index (χ1v) is 39.1. The van der Waals surface area contributed by atoms with Crippen molar-refractivity contribution in [3.63, 3.8) is 0 Å². The molecule has 0 rings (SSSR count). The van der Waals surface area contributed by atoms with Gasteiger partial charge in [-0.05, 0) is 50.4 Å². The maximum Gasteiger partial charge on any atom is 0.287 e. The summed E-state index contributed by atoms with van der Waals surface area (Å²) in [6.45, 7) is 0.371. The zero-order valence-electron chi connectivity index (χ0n) is 41.8. The zero-order valence-corrected chi connectivity index (χ0v) is 52.4. The molecule has 0 aromatic heterocycles. The topological polar surface area (TPSA) is 569 Å². The van der Waals surface area contributed by atoms with E-state index in [-0.39, 0.29) is 43.1 Å². The van der Waals surface area contributed by atoms with Crippen LogP contribution in [0.4, 0.5) is 0 Å². The Morgan fingerprint density at radius 3 is 1.13 bits per heavy atom. The van der Waals surface area contributed by atoms with Crippen molar-refractivity contribution in [1.82, 2.24) is 10.6 Å². The molecule has 7 unspecified atom stereocenters. The molecule has 31 nitrogen and oxygen atoms in total. The van der Waals surface area contributed by atoms with E-state index in [1.807, 2.05) is 11.6 Å². The van der Waals surface area contributed by atoms with Crippen molar-refractivity contribution in [1.29, 1.82) is 0 Å². The van der Waals surface area contributed by atoms with E-state index in [0.717, 1.165) is 0 Å². The van der Waals surface area contributed by atoms with Crippen LogP contribution >= 0.6 is 70.6 Å². The Morgan fingerprint density at radius 1 is 0.480 bits per heavy atom. The lowest BCUT2D eigenvalue weighted by molar-refractivity contribution is -0.110. The molecule has 0 aromatic rings. The van der Waals surface area contributed by atoms with Crippen LogP contribution in [0.2, 0.25) is 0 Å². The summed E-state index contributed by atoms with van der Waals surface area (Å²) >= 11 is 8.01. The third-order valence-electron chi connectivity index (χ3n) is 7.07. The van der Waals surface area contributed by atoms with Gasteiger partial charge < -0.3 is 43.1 Å². The third-order valence-corrected chi connectivity index (χ3v) is 19.2. The van der Waals surface area contributed by atoms with Gasteiger partial charge in [0.2, 0.25) is 12.8 Å². The second kappa shape index (κ2) is 49.7. The number of aldehydes is 1. The summed E-state index contributed by atoms with van der Waals surface area (Å²) in [5, 5.41) is 0.314. The number of nitrogens with one attached hydrogen (secondary N) is 2. The summed E-state index contributed by atoms with van der Waals surface area (Å²) in [5.41, 5.74) is 20.7. The minimum Gasteiger partial charge on any atom is -0.385 e. The average Bonchev–Trinajstić information content (AvgIpc) is 3.22. The highest BCUT2D eigenvalue weighted by atomic mass is 32.2. The fourth-order valence-corrected chi connectivity index (χ4v) is 14.4. The van der Waals surface area contributed by atoms with Gasteiger partial charge in [0.25, 0.3) is 70.8 Å². The van der Waals surface area contributed by atoms with Crippen LogP contribution in [0.15, 0.2) is 0 Å². The monoisotopic (exact) mass is 1350 g/mol. The molecule has 458 valence electrons. The highest BCUT2D eigenvalue weighted by molar-refractivity contribution is 8.01. The second-order valence-electron chi connectivity index (χ2n) is 13.9. The van der Waals surface area contributed by atoms with Gasteiger partial charge in [-0.25, -0.2) is 0 Å². The Balaban J connectivity index is -0.000000144. The molecule has 0 aliphatic rings. The van der Waals surface area contributed by atoms with Gasteiger partial charge in [0.15, 0.2) is 5.37 Å². The van der Waals surface area contributed by atoms with Crippen molar-refractivity contribution in [3.05, 3.63) is 0 Å². The maximum atomic E-state index is 10.7. The van der Waals surface area contributed by atoms with Crippen LogP contribution in [0.3, 0.4) is 0 Å². The summed E-state index contributed by atoms with van der Waals surface area (Å²) in [6.07, 6.45) is 12.6. The van der Waals surface area contributed by atoms with Crippen LogP contribution < -0.4 is 33.6 Å². The number of amides is 2. The number of ether oxygens (including phenoxy) is 1. The molecule has 0 saturated carbocycles. The number of hydrogen-bond acceptors (Lipinski definition) is 28. The maximum absolute atomic E-state index is 10.7. The molecule has 17 N–H and O–H groups in total. The molecule has 0 spiro atoms.